The molecular formula is C29H25ClF3N7O4. The lowest BCUT2D eigenvalue weighted by Crippen LogP contribution is -2.64. The molecule has 3 aromatic heterocycles. The summed E-state index contributed by atoms with van der Waals surface area (Å²) in [5.41, 5.74) is -0.768. The van der Waals surface area contributed by atoms with Gasteiger partial charge in [-0.3, -0.25) is 14.4 Å². The molecule has 0 radical (unpaired) electrons. The Kier molecular flexibility index (Phi) is 6.99. The van der Waals surface area contributed by atoms with E-state index in [1.807, 2.05) is 0 Å². The molecule has 228 valence electrons. The molecule has 2 amide bonds. The SMILES string of the molecule is C=C(C)c1nc2n(CC(=O)Nc3ccc(C(F)(F)F)cc3Cl)c3c(c(=O)n2n1)C1(CCC3)CN(C(=O)c2ncccc2O)C1. The number of hydrogen-bond acceptors (Lipinski definition) is 7. The summed E-state index contributed by atoms with van der Waals surface area (Å²) in [6, 6.07) is 5.49. The first-order valence-corrected chi connectivity index (χ1v) is 14.0. The van der Waals surface area contributed by atoms with Crippen LogP contribution in [0.15, 0.2) is 47.9 Å². The smallest absolute Gasteiger partial charge is 0.416 e. The maximum absolute atomic E-state index is 14.0. The van der Waals surface area contributed by atoms with E-state index in [-0.39, 0.29) is 53.4 Å². The molecule has 0 bridgehead atoms. The molecule has 1 saturated heterocycles. The Bertz CT molecular complexity index is 1930. The average molecular weight is 628 g/mol. The first-order chi connectivity index (χ1) is 20.8. The van der Waals surface area contributed by atoms with Crippen molar-refractivity contribution in [3.05, 3.63) is 86.8 Å². The average Bonchev–Trinajstić information content (AvgIpc) is 3.40. The van der Waals surface area contributed by atoms with Crippen LogP contribution in [0.25, 0.3) is 11.4 Å². The fourth-order valence-electron chi connectivity index (χ4n) is 5.94. The molecule has 6 rings (SSSR count). The van der Waals surface area contributed by atoms with Crippen molar-refractivity contribution in [2.24, 2.45) is 0 Å². The molecule has 11 nitrogen and oxygen atoms in total. The number of pyridine rings is 1. The summed E-state index contributed by atoms with van der Waals surface area (Å²) in [7, 11) is 0. The Morgan fingerprint density at radius 1 is 1.23 bits per heavy atom. The highest BCUT2D eigenvalue weighted by Crippen LogP contribution is 2.43. The second kappa shape index (κ2) is 10.5. The number of nitrogens with zero attached hydrogens (tertiary/aromatic N) is 6. The number of benzene rings is 1. The Hall–Kier alpha value is -4.72. The molecule has 15 heteroatoms. The Morgan fingerprint density at radius 2 is 1.98 bits per heavy atom. The molecule has 1 spiro atoms. The number of aromatic nitrogens is 5. The highest BCUT2D eigenvalue weighted by atomic mass is 35.5. The number of aromatic hydroxyl groups is 1. The van der Waals surface area contributed by atoms with Gasteiger partial charge in [-0.2, -0.15) is 22.7 Å². The molecule has 4 heterocycles. The van der Waals surface area contributed by atoms with Gasteiger partial charge >= 0.3 is 6.18 Å². The molecule has 0 unspecified atom stereocenters. The zero-order valence-corrected chi connectivity index (χ0v) is 24.0. The van der Waals surface area contributed by atoms with E-state index in [1.54, 1.807) is 11.5 Å². The number of allylic oxidation sites excluding steroid dienone is 1. The van der Waals surface area contributed by atoms with Crippen molar-refractivity contribution >= 4 is 40.5 Å². The van der Waals surface area contributed by atoms with Gasteiger partial charge < -0.3 is 19.9 Å². The van der Waals surface area contributed by atoms with Gasteiger partial charge in [0, 0.05) is 36.0 Å². The number of fused-ring (bicyclic) bond motifs is 3. The number of rotatable bonds is 5. The zero-order valence-electron chi connectivity index (χ0n) is 23.3. The summed E-state index contributed by atoms with van der Waals surface area (Å²) in [4.78, 5) is 50.3. The number of carbonyl (C=O) groups excluding carboxylic acids is 2. The third kappa shape index (κ3) is 4.88. The maximum Gasteiger partial charge on any atom is 0.416 e. The molecule has 4 aromatic rings. The third-order valence-electron chi connectivity index (χ3n) is 7.97. The highest BCUT2D eigenvalue weighted by molar-refractivity contribution is 6.33. The van der Waals surface area contributed by atoms with E-state index < -0.39 is 34.5 Å². The monoisotopic (exact) mass is 627 g/mol. The number of alkyl halides is 3. The van der Waals surface area contributed by atoms with Gasteiger partial charge in [-0.1, -0.05) is 18.2 Å². The van der Waals surface area contributed by atoms with Gasteiger partial charge in [0.2, 0.25) is 11.7 Å². The van der Waals surface area contributed by atoms with Gasteiger partial charge in [-0.05, 0) is 62.1 Å². The summed E-state index contributed by atoms with van der Waals surface area (Å²) < 4.78 is 41.9. The molecule has 1 fully saturated rings. The van der Waals surface area contributed by atoms with Gasteiger partial charge in [-0.15, -0.1) is 5.10 Å². The van der Waals surface area contributed by atoms with Crippen molar-refractivity contribution in [3.8, 4) is 5.75 Å². The lowest BCUT2D eigenvalue weighted by Gasteiger charge is -2.52. The molecule has 0 saturated carbocycles. The van der Waals surface area contributed by atoms with Gasteiger partial charge in [0.05, 0.1) is 16.3 Å². The second-order valence-electron chi connectivity index (χ2n) is 11.0. The van der Waals surface area contributed by atoms with Crippen LogP contribution in [0, 0.1) is 0 Å². The summed E-state index contributed by atoms with van der Waals surface area (Å²) in [5.74, 6) is -1.03. The van der Waals surface area contributed by atoms with Gasteiger partial charge in [0.15, 0.2) is 11.5 Å². The van der Waals surface area contributed by atoms with Crippen LogP contribution in [0.4, 0.5) is 18.9 Å². The van der Waals surface area contributed by atoms with Crippen LogP contribution in [0.3, 0.4) is 0 Å². The highest BCUT2D eigenvalue weighted by Gasteiger charge is 2.52. The first kappa shape index (κ1) is 29.4. The van der Waals surface area contributed by atoms with E-state index in [2.05, 4.69) is 27.0 Å². The number of carbonyl (C=O) groups is 2. The van der Waals surface area contributed by atoms with Crippen molar-refractivity contribution < 1.29 is 27.9 Å². The van der Waals surface area contributed by atoms with Crippen molar-refractivity contribution in [1.82, 2.24) is 29.0 Å². The van der Waals surface area contributed by atoms with E-state index in [4.69, 9.17) is 11.6 Å². The molecule has 1 aliphatic heterocycles. The largest absolute Gasteiger partial charge is 0.505 e. The van der Waals surface area contributed by atoms with Gasteiger partial charge in [0.1, 0.15) is 12.3 Å². The molecule has 1 aliphatic carbocycles. The van der Waals surface area contributed by atoms with Crippen LogP contribution >= 0.6 is 11.6 Å². The number of nitrogens with one attached hydrogen (secondary N) is 1. The predicted octanol–water partition coefficient (Wildman–Crippen LogP) is 4.07. The van der Waals surface area contributed by atoms with Crippen LogP contribution in [-0.2, 0) is 29.4 Å². The third-order valence-corrected chi connectivity index (χ3v) is 8.28. The van der Waals surface area contributed by atoms with Crippen LogP contribution in [-0.4, -0.2) is 59.1 Å². The van der Waals surface area contributed by atoms with Crippen molar-refractivity contribution in [1.29, 1.82) is 0 Å². The van der Waals surface area contributed by atoms with Crippen molar-refractivity contribution in [2.45, 2.75) is 44.3 Å². The predicted molar refractivity (Wildman–Crippen MR) is 153 cm³/mol. The normalized spacial score (nSPS) is 15.6. The van der Waals surface area contributed by atoms with Crippen LogP contribution < -0.4 is 10.9 Å². The zero-order chi connectivity index (χ0) is 31.6. The fraction of sp³-hybridized carbons (Fsp3) is 0.310. The summed E-state index contributed by atoms with van der Waals surface area (Å²) in [5, 5.41) is 16.7. The number of halogens is 4. The van der Waals surface area contributed by atoms with Crippen LogP contribution in [0.5, 0.6) is 5.75 Å². The minimum absolute atomic E-state index is 0.0120. The van der Waals surface area contributed by atoms with Crippen molar-refractivity contribution in [3.63, 3.8) is 0 Å². The van der Waals surface area contributed by atoms with Crippen LogP contribution in [0.1, 0.15) is 52.9 Å². The minimum Gasteiger partial charge on any atom is -0.505 e. The van der Waals surface area contributed by atoms with E-state index in [1.165, 1.54) is 23.2 Å². The molecular weight excluding hydrogens is 603 g/mol. The molecule has 0 atom stereocenters. The summed E-state index contributed by atoms with van der Waals surface area (Å²) in [6.45, 7) is 5.55. The summed E-state index contributed by atoms with van der Waals surface area (Å²) in [6.07, 6.45) is -1.53. The lowest BCUT2D eigenvalue weighted by atomic mass is 9.66. The maximum atomic E-state index is 14.0. The number of likely N-dealkylation sites (tertiary alicyclic amines) is 1. The number of hydrogen-bond donors (Lipinski definition) is 2. The van der Waals surface area contributed by atoms with Crippen LogP contribution in [0.2, 0.25) is 5.02 Å². The quantitative estimate of drug-likeness (QED) is 0.341. The molecule has 2 N–H and O–H groups in total. The number of anilines is 1. The van der Waals surface area contributed by atoms with E-state index in [9.17, 15) is 32.7 Å². The molecule has 2 aliphatic rings. The fourth-order valence-corrected chi connectivity index (χ4v) is 6.17. The second-order valence-corrected chi connectivity index (χ2v) is 11.5. The lowest BCUT2D eigenvalue weighted by molar-refractivity contribution is -0.137. The Balaban J connectivity index is 1.37. The van der Waals surface area contributed by atoms with Gasteiger partial charge in [-0.25, -0.2) is 4.98 Å². The van der Waals surface area contributed by atoms with E-state index in [0.29, 0.717) is 36.1 Å². The van der Waals surface area contributed by atoms with E-state index >= 15 is 0 Å². The van der Waals surface area contributed by atoms with E-state index in [0.717, 1.165) is 22.7 Å². The van der Waals surface area contributed by atoms with Gasteiger partial charge in [0.25, 0.3) is 11.5 Å². The molecule has 44 heavy (non-hydrogen) atoms. The van der Waals surface area contributed by atoms with Crippen molar-refractivity contribution in [2.75, 3.05) is 18.4 Å². The number of amides is 2. The Morgan fingerprint density at radius 3 is 2.64 bits per heavy atom. The topological polar surface area (TPSA) is 135 Å². The Labute approximate surface area is 252 Å². The molecule has 1 aromatic carbocycles. The standard InChI is InChI=1S/C29H25ClF3N7O4/c1-15(2)24-36-27-39(12-21(42)35-18-8-7-16(11-17(18)30)29(31,32)33)19-5-3-9-28(22(19)25(43)40(27)37-24)13-38(14-28)26(44)23-20(41)6-4-10-34-23/h4,6-8,10-11,41H,1,3,5,9,12-14H2,2H3,(H,35,42). The first-order valence-electron chi connectivity index (χ1n) is 13.6. The summed E-state index contributed by atoms with van der Waals surface area (Å²) >= 11 is 6.06. The minimum atomic E-state index is -4.60.